The van der Waals surface area contributed by atoms with Gasteiger partial charge in [0.2, 0.25) is 0 Å². The number of hydrogen-bond acceptors (Lipinski definition) is 1. The van der Waals surface area contributed by atoms with Gasteiger partial charge in [0.1, 0.15) is 0 Å². The summed E-state index contributed by atoms with van der Waals surface area (Å²) in [5.41, 5.74) is 13.4. The Morgan fingerprint density at radius 2 is 1.18 bits per heavy atom. The third-order valence-corrected chi connectivity index (χ3v) is 8.65. The predicted molar refractivity (Wildman–Crippen MR) is 155 cm³/mol. The van der Waals surface area contributed by atoms with Gasteiger partial charge in [0, 0.05) is 22.5 Å². The van der Waals surface area contributed by atoms with Crippen LogP contribution in [0, 0.1) is 0 Å². The number of rotatable bonds is 1. The summed E-state index contributed by atoms with van der Waals surface area (Å²) in [6.45, 7) is 0. The first-order chi connectivity index (χ1) is 18.9. The maximum atomic E-state index is 4.85. The molecular weight excluding hydrogens is 460 g/mol. The molecule has 0 bridgehead atoms. The minimum atomic E-state index is -0.458. The highest BCUT2D eigenvalue weighted by molar-refractivity contribution is 6.13. The third-order valence-electron chi connectivity index (χ3n) is 8.65. The monoisotopic (exact) mass is 482 g/mol. The van der Waals surface area contributed by atoms with Crippen LogP contribution in [0.15, 0.2) is 134 Å². The molecule has 0 radical (unpaired) electrons. The Balaban J connectivity index is 1.57. The zero-order chi connectivity index (χ0) is 24.8. The van der Waals surface area contributed by atoms with Crippen LogP contribution < -0.4 is 0 Å². The molecule has 0 saturated carbocycles. The molecule has 0 saturated heterocycles. The summed E-state index contributed by atoms with van der Waals surface area (Å²) in [6, 6.07) is 46.6. The van der Waals surface area contributed by atoms with Crippen LogP contribution in [0.1, 0.15) is 22.3 Å². The number of nitrogens with zero attached hydrogens (tertiary/aromatic N) is 2. The van der Waals surface area contributed by atoms with Crippen molar-refractivity contribution in [1.29, 1.82) is 0 Å². The lowest BCUT2D eigenvalue weighted by molar-refractivity contribution is 0.749. The minimum Gasteiger partial charge on any atom is -0.309 e. The van der Waals surface area contributed by atoms with Crippen LogP contribution in [0.3, 0.4) is 0 Å². The summed E-state index contributed by atoms with van der Waals surface area (Å²) in [6.07, 6.45) is 1.90. The molecule has 0 fully saturated rings. The zero-order valence-electron chi connectivity index (χ0n) is 20.6. The van der Waals surface area contributed by atoms with Gasteiger partial charge in [-0.3, -0.25) is 4.98 Å². The second-order valence-corrected chi connectivity index (χ2v) is 10.3. The predicted octanol–water partition coefficient (Wildman–Crippen LogP) is 8.52. The maximum Gasteiger partial charge on any atom is 0.0761 e. The Bertz CT molecular complexity index is 2080. The van der Waals surface area contributed by atoms with Gasteiger partial charge in [0.25, 0.3) is 0 Å². The second-order valence-electron chi connectivity index (χ2n) is 10.3. The van der Waals surface area contributed by atoms with Gasteiger partial charge in [-0.2, -0.15) is 0 Å². The van der Waals surface area contributed by atoms with Gasteiger partial charge in [0.15, 0.2) is 0 Å². The number of pyridine rings is 1. The molecule has 1 atom stereocenters. The van der Waals surface area contributed by atoms with Crippen LogP contribution in [-0.4, -0.2) is 9.55 Å². The molecule has 7 aromatic rings. The van der Waals surface area contributed by atoms with Crippen LogP contribution in [0.5, 0.6) is 0 Å². The van der Waals surface area contributed by atoms with Crippen molar-refractivity contribution in [2.45, 2.75) is 5.41 Å². The SMILES string of the molecule is c1ccc(-c2cccc3c2C2(c4ccccc4-3)c3ccccc3-n3c4ccccc4c4cccc2c43)nc1. The van der Waals surface area contributed by atoms with Crippen molar-refractivity contribution >= 4 is 21.8 Å². The van der Waals surface area contributed by atoms with Crippen molar-refractivity contribution in [3.63, 3.8) is 0 Å². The molecule has 2 aromatic heterocycles. The molecule has 1 aliphatic carbocycles. The van der Waals surface area contributed by atoms with Crippen molar-refractivity contribution in [3.8, 4) is 28.1 Å². The lowest BCUT2D eigenvalue weighted by Gasteiger charge is -2.40. The largest absolute Gasteiger partial charge is 0.309 e. The Morgan fingerprint density at radius 3 is 2.11 bits per heavy atom. The molecule has 0 N–H and O–H groups in total. The van der Waals surface area contributed by atoms with Gasteiger partial charge >= 0.3 is 0 Å². The molecule has 0 amide bonds. The van der Waals surface area contributed by atoms with Crippen LogP contribution in [-0.2, 0) is 5.41 Å². The topological polar surface area (TPSA) is 17.8 Å². The molecule has 1 spiro atoms. The van der Waals surface area contributed by atoms with E-state index in [1.54, 1.807) is 0 Å². The van der Waals surface area contributed by atoms with Gasteiger partial charge < -0.3 is 4.57 Å². The van der Waals surface area contributed by atoms with Gasteiger partial charge in [-0.25, -0.2) is 0 Å². The average molecular weight is 483 g/mol. The number of para-hydroxylation sites is 3. The Morgan fingerprint density at radius 1 is 0.500 bits per heavy atom. The van der Waals surface area contributed by atoms with Crippen LogP contribution in [0.4, 0.5) is 0 Å². The number of fused-ring (bicyclic) bond motifs is 12. The fourth-order valence-corrected chi connectivity index (χ4v) is 7.36. The first kappa shape index (κ1) is 20.1. The molecule has 2 aliphatic rings. The van der Waals surface area contributed by atoms with E-state index in [9.17, 15) is 0 Å². The fraction of sp³-hybridized carbons (Fsp3) is 0.0278. The summed E-state index contributed by atoms with van der Waals surface area (Å²) < 4.78 is 2.49. The number of hydrogen-bond donors (Lipinski definition) is 0. The van der Waals surface area contributed by atoms with E-state index in [0.717, 1.165) is 5.69 Å². The molecule has 1 unspecified atom stereocenters. The van der Waals surface area contributed by atoms with E-state index in [-0.39, 0.29) is 0 Å². The fourth-order valence-electron chi connectivity index (χ4n) is 7.36. The van der Waals surface area contributed by atoms with E-state index in [1.807, 2.05) is 12.3 Å². The van der Waals surface area contributed by atoms with Crippen LogP contribution >= 0.6 is 0 Å². The smallest absolute Gasteiger partial charge is 0.0761 e. The summed E-state index contributed by atoms with van der Waals surface area (Å²) in [5.74, 6) is 0. The number of benzene rings is 5. The lowest BCUT2D eigenvalue weighted by atomic mass is 9.64. The standard InChI is InChI=1S/C36H22N2/c1-3-16-28-23(11-1)25-13-9-15-27(31-19-7-8-22-37-31)34(25)36(28)29-17-4-6-21-33(29)38-32-20-5-2-12-24(32)26-14-10-18-30(36)35(26)38/h1-22H. The number of aromatic nitrogens is 2. The first-order valence-electron chi connectivity index (χ1n) is 13.2. The lowest BCUT2D eigenvalue weighted by Crippen LogP contribution is -2.34. The van der Waals surface area contributed by atoms with E-state index in [1.165, 1.54) is 66.4 Å². The van der Waals surface area contributed by atoms with Gasteiger partial charge in [-0.05, 0) is 57.6 Å². The van der Waals surface area contributed by atoms with Crippen molar-refractivity contribution in [2.75, 3.05) is 0 Å². The van der Waals surface area contributed by atoms with E-state index in [4.69, 9.17) is 4.98 Å². The molecule has 9 rings (SSSR count). The highest BCUT2D eigenvalue weighted by Crippen LogP contribution is 2.62. The van der Waals surface area contributed by atoms with E-state index < -0.39 is 5.41 Å². The second kappa shape index (κ2) is 7.08. The molecule has 1 aliphatic heterocycles. The average Bonchev–Trinajstić information content (AvgIpc) is 3.49. The van der Waals surface area contributed by atoms with E-state index in [2.05, 4.69) is 126 Å². The summed E-state index contributed by atoms with van der Waals surface area (Å²) >= 11 is 0. The van der Waals surface area contributed by atoms with Gasteiger partial charge in [-0.1, -0.05) is 103 Å². The van der Waals surface area contributed by atoms with Gasteiger partial charge in [0.05, 0.1) is 27.8 Å². The molecule has 5 aromatic carbocycles. The molecular formula is C36H22N2. The normalized spacial score (nSPS) is 16.5. The van der Waals surface area contributed by atoms with Crippen molar-refractivity contribution < 1.29 is 0 Å². The van der Waals surface area contributed by atoms with Crippen molar-refractivity contribution in [3.05, 3.63) is 156 Å². The molecule has 3 heterocycles. The van der Waals surface area contributed by atoms with Crippen molar-refractivity contribution in [1.82, 2.24) is 9.55 Å². The van der Waals surface area contributed by atoms with Gasteiger partial charge in [-0.15, -0.1) is 0 Å². The molecule has 2 nitrogen and oxygen atoms in total. The zero-order valence-corrected chi connectivity index (χ0v) is 20.6. The quantitative estimate of drug-likeness (QED) is 0.229. The highest BCUT2D eigenvalue weighted by Gasteiger charge is 2.51. The first-order valence-corrected chi connectivity index (χ1v) is 13.2. The van der Waals surface area contributed by atoms with E-state index >= 15 is 0 Å². The molecule has 2 heteroatoms. The molecule has 176 valence electrons. The maximum absolute atomic E-state index is 4.85. The Kier molecular flexibility index (Phi) is 3.76. The highest BCUT2D eigenvalue weighted by atomic mass is 15.0. The third kappa shape index (κ3) is 2.23. The summed E-state index contributed by atoms with van der Waals surface area (Å²) in [7, 11) is 0. The van der Waals surface area contributed by atoms with Crippen LogP contribution in [0.25, 0.3) is 49.9 Å². The van der Waals surface area contributed by atoms with Crippen LogP contribution in [0.2, 0.25) is 0 Å². The summed E-state index contributed by atoms with van der Waals surface area (Å²) in [4.78, 5) is 4.85. The Hall–Kier alpha value is -4.95. The summed E-state index contributed by atoms with van der Waals surface area (Å²) in [5, 5.41) is 2.59. The van der Waals surface area contributed by atoms with E-state index in [0.29, 0.717) is 0 Å². The Labute approximate surface area is 220 Å². The minimum absolute atomic E-state index is 0.458. The van der Waals surface area contributed by atoms with Crippen molar-refractivity contribution in [2.24, 2.45) is 0 Å². The molecule has 38 heavy (non-hydrogen) atoms.